The number of aromatic nitrogens is 3. The van der Waals surface area contributed by atoms with Crippen LogP contribution in [0.5, 0.6) is 0 Å². The number of nitrogens with zero attached hydrogens (tertiary/aromatic N) is 4. The van der Waals surface area contributed by atoms with E-state index in [-0.39, 0.29) is 0 Å². The van der Waals surface area contributed by atoms with Gasteiger partial charge in [-0.2, -0.15) is 0 Å². The molecule has 2 rings (SSSR count). The molecule has 2 unspecified atom stereocenters. The summed E-state index contributed by atoms with van der Waals surface area (Å²) >= 11 is 0. The van der Waals surface area contributed by atoms with Gasteiger partial charge in [0.15, 0.2) is 0 Å². The molecule has 1 aliphatic heterocycles. The van der Waals surface area contributed by atoms with Crippen molar-refractivity contribution < 1.29 is 0 Å². The van der Waals surface area contributed by atoms with Crippen LogP contribution in [0, 0.1) is 5.92 Å². The van der Waals surface area contributed by atoms with E-state index in [9.17, 15) is 0 Å². The van der Waals surface area contributed by atoms with Gasteiger partial charge < -0.3 is 5.73 Å². The Balaban J connectivity index is 1.95. The first-order valence-corrected chi connectivity index (χ1v) is 5.48. The van der Waals surface area contributed by atoms with Crippen LogP contribution in [0.1, 0.15) is 19.0 Å². The first kappa shape index (κ1) is 10.6. The van der Waals surface area contributed by atoms with E-state index >= 15 is 0 Å². The zero-order chi connectivity index (χ0) is 10.8. The summed E-state index contributed by atoms with van der Waals surface area (Å²) in [5.74, 6) is 0.650. The lowest BCUT2D eigenvalue weighted by molar-refractivity contribution is 0.253. The van der Waals surface area contributed by atoms with E-state index in [0.29, 0.717) is 12.0 Å². The van der Waals surface area contributed by atoms with Crippen molar-refractivity contribution in [3.05, 3.63) is 11.9 Å². The van der Waals surface area contributed by atoms with Gasteiger partial charge in [-0.1, -0.05) is 5.21 Å². The van der Waals surface area contributed by atoms with Crippen LogP contribution in [0.2, 0.25) is 0 Å². The predicted octanol–water partition coefficient (Wildman–Crippen LogP) is -0.0158. The van der Waals surface area contributed by atoms with Gasteiger partial charge >= 0.3 is 0 Å². The summed E-state index contributed by atoms with van der Waals surface area (Å²) in [4.78, 5) is 2.43. The number of hydrogen-bond acceptors (Lipinski definition) is 4. The summed E-state index contributed by atoms with van der Waals surface area (Å²) in [6, 6.07) is 0.612. The molecule has 1 aliphatic rings. The number of hydrogen-bond donors (Lipinski definition) is 1. The van der Waals surface area contributed by atoms with Crippen molar-refractivity contribution in [2.45, 2.75) is 25.9 Å². The topological polar surface area (TPSA) is 60.0 Å². The van der Waals surface area contributed by atoms with Crippen LogP contribution < -0.4 is 5.73 Å². The highest BCUT2D eigenvalue weighted by molar-refractivity contribution is 4.95. The quantitative estimate of drug-likeness (QED) is 0.760. The molecule has 2 heterocycles. The summed E-state index contributed by atoms with van der Waals surface area (Å²) < 4.78 is 1.75. The van der Waals surface area contributed by atoms with Crippen molar-refractivity contribution in [3.63, 3.8) is 0 Å². The molecule has 1 fully saturated rings. The molecule has 15 heavy (non-hydrogen) atoms. The third-order valence-corrected chi connectivity index (χ3v) is 3.14. The third-order valence-electron chi connectivity index (χ3n) is 3.14. The Morgan fingerprint density at radius 3 is 2.93 bits per heavy atom. The minimum atomic E-state index is 0.612. The molecule has 0 radical (unpaired) electrons. The Hall–Kier alpha value is -0.940. The number of likely N-dealkylation sites (tertiary alicyclic amines) is 1. The molecule has 0 aromatic carbocycles. The maximum atomic E-state index is 5.70. The molecule has 84 valence electrons. The Kier molecular flexibility index (Phi) is 3.02. The minimum absolute atomic E-state index is 0.612. The zero-order valence-corrected chi connectivity index (χ0v) is 9.43. The van der Waals surface area contributed by atoms with Gasteiger partial charge in [0.2, 0.25) is 0 Å². The van der Waals surface area contributed by atoms with Crippen molar-refractivity contribution in [2.24, 2.45) is 18.7 Å². The van der Waals surface area contributed by atoms with E-state index in [1.165, 1.54) is 6.42 Å². The van der Waals surface area contributed by atoms with Gasteiger partial charge in [0, 0.05) is 32.4 Å². The van der Waals surface area contributed by atoms with Gasteiger partial charge in [-0.05, 0) is 25.8 Å². The molecular weight excluding hydrogens is 190 g/mol. The molecule has 0 amide bonds. The highest BCUT2D eigenvalue weighted by Crippen LogP contribution is 2.23. The summed E-state index contributed by atoms with van der Waals surface area (Å²) in [7, 11) is 1.90. The van der Waals surface area contributed by atoms with Gasteiger partial charge in [-0.15, -0.1) is 5.10 Å². The monoisotopic (exact) mass is 209 g/mol. The molecule has 5 nitrogen and oxygen atoms in total. The first-order chi connectivity index (χ1) is 7.19. The van der Waals surface area contributed by atoms with Crippen LogP contribution in [0.25, 0.3) is 0 Å². The first-order valence-electron chi connectivity index (χ1n) is 5.48. The van der Waals surface area contributed by atoms with E-state index in [0.717, 1.165) is 25.3 Å². The molecule has 0 bridgehead atoms. The average molecular weight is 209 g/mol. The third kappa shape index (κ3) is 2.35. The van der Waals surface area contributed by atoms with Crippen molar-refractivity contribution in [2.75, 3.05) is 13.1 Å². The Morgan fingerprint density at radius 2 is 2.40 bits per heavy atom. The van der Waals surface area contributed by atoms with E-state index in [1.807, 2.05) is 13.2 Å². The second kappa shape index (κ2) is 4.28. The van der Waals surface area contributed by atoms with Crippen LogP contribution in [0.4, 0.5) is 0 Å². The van der Waals surface area contributed by atoms with Gasteiger partial charge in [-0.3, -0.25) is 9.58 Å². The Morgan fingerprint density at radius 1 is 1.60 bits per heavy atom. The molecule has 0 saturated carbocycles. The fourth-order valence-electron chi connectivity index (χ4n) is 2.28. The lowest BCUT2D eigenvalue weighted by Crippen LogP contribution is -2.27. The predicted molar refractivity (Wildman–Crippen MR) is 58.0 cm³/mol. The second-order valence-electron chi connectivity index (χ2n) is 4.50. The van der Waals surface area contributed by atoms with Crippen LogP contribution in [0.15, 0.2) is 6.20 Å². The van der Waals surface area contributed by atoms with Gasteiger partial charge in [0.05, 0.1) is 5.69 Å². The smallest absolute Gasteiger partial charge is 0.0967 e. The fraction of sp³-hybridized carbons (Fsp3) is 0.800. The minimum Gasteiger partial charge on any atom is -0.330 e. The van der Waals surface area contributed by atoms with Gasteiger partial charge in [0.1, 0.15) is 0 Å². The van der Waals surface area contributed by atoms with Crippen molar-refractivity contribution in [1.29, 1.82) is 0 Å². The van der Waals surface area contributed by atoms with Crippen LogP contribution >= 0.6 is 0 Å². The van der Waals surface area contributed by atoms with Crippen molar-refractivity contribution >= 4 is 0 Å². The molecular formula is C10H19N5. The van der Waals surface area contributed by atoms with Gasteiger partial charge in [-0.25, -0.2) is 0 Å². The summed E-state index contributed by atoms with van der Waals surface area (Å²) in [5, 5.41) is 8.04. The van der Waals surface area contributed by atoms with E-state index in [1.54, 1.807) is 4.68 Å². The Bertz CT molecular complexity index is 321. The van der Waals surface area contributed by atoms with Crippen LogP contribution in [-0.2, 0) is 13.6 Å². The molecule has 1 saturated heterocycles. The average Bonchev–Trinajstić information content (AvgIpc) is 2.75. The van der Waals surface area contributed by atoms with Crippen molar-refractivity contribution in [1.82, 2.24) is 19.9 Å². The maximum Gasteiger partial charge on any atom is 0.0967 e. The molecule has 0 spiro atoms. The highest BCUT2D eigenvalue weighted by Gasteiger charge is 2.28. The van der Waals surface area contributed by atoms with Gasteiger partial charge in [0.25, 0.3) is 0 Å². The lowest BCUT2D eigenvalue weighted by atomic mass is 10.1. The number of nitrogens with two attached hydrogens (primary N) is 1. The zero-order valence-electron chi connectivity index (χ0n) is 9.43. The Labute approximate surface area is 90.2 Å². The lowest BCUT2D eigenvalue weighted by Gasteiger charge is -2.19. The van der Waals surface area contributed by atoms with E-state index in [4.69, 9.17) is 5.73 Å². The SMILES string of the molecule is CC1CC(CN)CN1Cc1cn(C)nn1. The number of rotatable bonds is 3. The summed E-state index contributed by atoms with van der Waals surface area (Å²) in [5.41, 5.74) is 6.74. The fourth-order valence-corrected chi connectivity index (χ4v) is 2.28. The second-order valence-corrected chi connectivity index (χ2v) is 4.50. The van der Waals surface area contributed by atoms with E-state index in [2.05, 4.69) is 22.1 Å². The standard InChI is InChI=1S/C10H19N5/c1-8-3-9(4-11)5-15(8)7-10-6-14(2)13-12-10/h6,8-9H,3-5,7,11H2,1-2H3. The summed E-state index contributed by atoms with van der Waals surface area (Å²) in [6.07, 6.45) is 3.18. The van der Waals surface area contributed by atoms with Crippen LogP contribution in [0.3, 0.4) is 0 Å². The number of aryl methyl sites for hydroxylation is 1. The molecule has 0 aliphatic carbocycles. The van der Waals surface area contributed by atoms with Crippen LogP contribution in [-0.4, -0.2) is 39.0 Å². The van der Waals surface area contributed by atoms with E-state index < -0.39 is 0 Å². The van der Waals surface area contributed by atoms with Crippen molar-refractivity contribution in [3.8, 4) is 0 Å². The molecule has 1 aromatic heterocycles. The molecule has 2 N–H and O–H groups in total. The maximum absolute atomic E-state index is 5.70. The largest absolute Gasteiger partial charge is 0.330 e. The summed E-state index contributed by atoms with van der Waals surface area (Å²) in [6.45, 7) is 5.03. The normalized spacial score (nSPS) is 27.4. The molecule has 2 atom stereocenters. The highest BCUT2D eigenvalue weighted by atomic mass is 15.4. The molecule has 1 aromatic rings. The molecule has 5 heteroatoms.